The van der Waals surface area contributed by atoms with Crippen LogP contribution in [0.3, 0.4) is 0 Å². The second kappa shape index (κ2) is 9.45. The van der Waals surface area contributed by atoms with Gasteiger partial charge in [0.15, 0.2) is 0 Å². The van der Waals surface area contributed by atoms with Crippen LogP contribution in [0, 0.1) is 11.3 Å². The van der Waals surface area contributed by atoms with Crippen LogP contribution in [-0.4, -0.2) is 37.9 Å². The van der Waals surface area contributed by atoms with Crippen molar-refractivity contribution in [2.45, 2.75) is 39.5 Å². The number of ether oxygens (including phenoxy) is 1. The van der Waals surface area contributed by atoms with Crippen LogP contribution in [0.15, 0.2) is 36.5 Å². The molecule has 0 saturated heterocycles. The number of amides is 1. The lowest BCUT2D eigenvalue weighted by atomic mass is 10.1. The van der Waals surface area contributed by atoms with Crippen molar-refractivity contribution in [3.05, 3.63) is 58.5 Å². The lowest BCUT2D eigenvalue weighted by Gasteiger charge is -2.13. The second-order valence-electron chi connectivity index (χ2n) is 7.06. The summed E-state index contributed by atoms with van der Waals surface area (Å²) < 4.78 is 6.78. The third-order valence-corrected chi connectivity index (χ3v) is 4.79. The summed E-state index contributed by atoms with van der Waals surface area (Å²) in [5.41, 5.74) is 2.65. The molecule has 1 unspecified atom stereocenters. The summed E-state index contributed by atoms with van der Waals surface area (Å²) in [7, 11) is 0. The maximum absolute atomic E-state index is 12.5. The minimum atomic E-state index is -0.526. The normalized spacial score (nSPS) is 12.6. The maximum atomic E-state index is 12.5. The van der Waals surface area contributed by atoms with Crippen LogP contribution >= 0.6 is 11.6 Å². The molecule has 1 aromatic carbocycles. The zero-order valence-electron chi connectivity index (χ0n) is 17.2. The SMILES string of the molecule is CC(=O)OC(C)c1cc(C(=O)N[C@@H](C)Cn2ccc(-c3ccc(C#N)c(Cl)c3)n2)n[nH]1. The van der Waals surface area contributed by atoms with Gasteiger partial charge in [-0.1, -0.05) is 17.7 Å². The van der Waals surface area contributed by atoms with Crippen LogP contribution in [0.5, 0.6) is 0 Å². The quantitative estimate of drug-likeness (QED) is 0.543. The van der Waals surface area contributed by atoms with Crippen molar-refractivity contribution >= 4 is 23.5 Å². The molecule has 10 heteroatoms. The van der Waals surface area contributed by atoms with Crippen LogP contribution in [0.1, 0.15) is 48.6 Å². The molecule has 0 bridgehead atoms. The number of halogens is 1. The first kappa shape index (κ1) is 22.1. The van der Waals surface area contributed by atoms with E-state index in [4.69, 9.17) is 21.6 Å². The van der Waals surface area contributed by atoms with E-state index in [9.17, 15) is 9.59 Å². The van der Waals surface area contributed by atoms with Gasteiger partial charge in [-0.3, -0.25) is 19.4 Å². The third-order valence-electron chi connectivity index (χ3n) is 4.48. The van der Waals surface area contributed by atoms with E-state index in [1.54, 1.807) is 42.1 Å². The number of hydrogen-bond acceptors (Lipinski definition) is 6. The Morgan fingerprint density at radius 2 is 2.10 bits per heavy atom. The number of nitrogens with zero attached hydrogens (tertiary/aromatic N) is 4. The number of carbonyl (C=O) groups is 2. The fourth-order valence-electron chi connectivity index (χ4n) is 2.98. The average Bonchev–Trinajstić information content (AvgIpc) is 3.37. The number of esters is 1. The minimum absolute atomic E-state index is 0.203. The predicted molar refractivity (Wildman–Crippen MR) is 113 cm³/mol. The molecule has 0 radical (unpaired) electrons. The topological polar surface area (TPSA) is 126 Å². The molecule has 1 amide bonds. The molecule has 2 aromatic heterocycles. The zero-order chi connectivity index (χ0) is 22.5. The molecule has 0 aliphatic rings. The van der Waals surface area contributed by atoms with E-state index in [1.165, 1.54) is 6.92 Å². The second-order valence-corrected chi connectivity index (χ2v) is 7.47. The molecule has 0 aliphatic heterocycles. The van der Waals surface area contributed by atoms with E-state index < -0.39 is 12.1 Å². The standard InChI is InChI=1S/C21H21ClN6O3/c1-12(24-21(30)20-9-19(25-26-20)13(2)31-14(3)29)11-28-7-6-18(27-28)15-4-5-16(10-23)17(22)8-15/h4-9,12-13H,11H2,1-3H3,(H,24,30)(H,25,26)/t12-,13?/m0/s1. The van der Waals surface area contributed by atoms with E-state index in [0.717, 1.165) is 5.56 Å². The van der Waals surface area contributed by atoms with E-state index >= 15 is 0 Å². The number of nitrogens with one attached hydrogen (secondary N) is 2. The molecular formula is C21H21ClN6O3. The number of aromatic nitrogens is 4. The molecule has 2 N–H and O–H groups in total. The summed E-state index contributed by atoms with van der Waals surface area (Å²) in [5, 5.41) is 23.4. The molecule has 9 nitrogen and oxygen atoms in total. The van der Waals surface area contributed by atoms with E-state index in [2.05, 4.69) is 20.6 Å². The predicted octanol–water partition coefficient (Wildman–Crippen LogP) is 3.24. The van der Waals surface area contributed by atoms with E-state index in [1.807, 2.05) is 19.1 Å². The fourth-order valence-corrected chi connectivity index (χ4v) is 3.20. The highest BCUT2D eigenvalue weighted by Crippen LogP contribution is 2.24. The Bertz CT molecular complexity index is 1150. The third kappa shape index (κ3) is 5.49. The molecule has 2 atom stereocenters. The van der Waals surface area contributed by atoms with Crippen molar-refractivity contribution in [2.75, 3.05) is 0 Å². The highest BCUT2D eigenvalue weighted by atomic mass is 35.5. The number of H-pyrrole nitrogens is 1. The monoisotopic (exact) mass is 440 g/mol. The van der Waals surface area contributed by atoms with Crippen LogP contribution in [0.2, 0.25) is 5.02 Å². The summed E-state index contributed by atoms with van der Waals surface area (Å²) in [6, 6.07) is 10.3. The number of carbonyl (C=O) groups excluding carboxylic acids is 2. The molecule has 0 saturated carbocycles. The smallest absolute Gasteiger partial charge is 0.303 e. The van der Waals surface area contributed by atoms with Gasteiger partial charge in [0.25, 0.3) is 5.91 Å². The molecule has 2 heterocycles. The van der Waals surface area contributed by atoms with Crippen molar-refractivity contribution in [3.8, 4) is 17.3 Å². The highest BCUT2D eigenvalue weighted by Gasteiger charge is 2.18. The van der Waals surface area contributed by atoms with Crippen molar-refractivity contribution in [1.82, 2.24) is 25.3 Å². The molecule has 0 aliphatic carbocycles. The van der Waals surface area contributed by atoms with Crippen molar-refractivity contribution in [1.29, 1.82) is 5.26 Å². The van der Waals surface area contributed by atoms with Gasteiger partial charge < -0.3 is 10.1 Å². The molecule has 0 spiro atoms. The molecule has 3 rings (SSSR count). The van der Waals surface area contributed by atoms with Crippen molar-refractivity contribution in [2.24, 2.45) is 0 Å². The Hall–Kier alpha value is -3.64. The van der Waals surface area contributed by atoms with Crippen molar-refractivity contribution in [3.63, 3.8) is 0 Å². The first-order chi connectivity index (χ1) is 14.8. The van der Waals surface area contributed by atoms with Crippen LogP contribution in [-0.2, 0) is 16.1 Å². The zero-order valence-corrected chi connectivity index (χ0v) is 18.0. The van der Waals surface area contributed by atoms with Crippen LogP contribution < -0.4 is 5.32 Å². The lowest BCUT2D eigenvalue weighted by Crippen LogP contribution is -2.36. The Labute approximate surface area is 184 Å². The molecule has 3 aromatic rings. The largest absolute Gasteiger partial charge is 0.456 e. The Morgan fingerprint density at radius 1 is 1.32 bits per heavy atom. The van der Waals surface area contributed by atoms with Crippen molar-refractivity contribution < 1.29 is 14.3 Å². The Balaban J connectivity index is 1.60. The number of hydrogen-bond donors (Lipinski definition) is 2. The van der Waals surface area contributed by atoms with E-state index in [0.29, 0.717) is 28.5 Å². The van der Waals surface area contributed by atoms with Gasteiger partial charge in [0, 0.05) is 24.7 Å². The maximum Gasteiger partial charge on any atom is 0.303 e. The van der Waals surface area contributed by atoms with Gasteiger partial charge in [-0.15, -0.1) is 0 Å². The van der Waals surface area contributed by atoms with E-state index in [-0.39, 0.29) is 17.6 Å². The summed E-state index contributed by atoms with van der Waals surface area (Å²) in [6.45, 7) is 5.30. The highest BCUT2D eigenvalue weighted by molar-refractivity contribution is 6.32. The van der Waals surface area contributed by atoms with Gasteiger partial charge in [0.05, 0.1) is 28.5 Å². The minimum Gasteiger partial charge on any atom is -0.456 e. The van der Waals surface area contributed by atoms with Gasteiger partial charge in [-0.05, 0) is 38.1 Å². The Kier molecular flexibility index (Phi) is 6.72. The van der Waals surface area contributed by atoms with Gasteiger partial charge in [0.2, 0.25) is 0 Å². The van der Waals surface area contributed by atoms with Gasteiger partial charge in [0.1, 0.15) is 17.9 Å². The van der Waals surface area contributed by atoms with Crippen LogP contribution in [0.4, 0.5) is 0 Å². The average molecular weight is 441 g/mol. The summed E-state index contributed by atoms with van der Waals surface area (Å²) in [6.07, 6.45) is 1.28. The first-order valence-corrected chi connectivity index (χ1v) is 9.91. The molecule has 31 heavy (non-hydrogen) atoms. The lowest BCUT2D eigenvalue weighted by molar-refractivity contribution is -0.145. The molecule has 0 fully saturated rings. The van der Waals surface area contributed by atoms with Gasteiger partial charge in [-0.2, -0.15) is 15.5 Å². The number of benzene rings is 1. The van der Waals surface area contributed by atoms with Gasteiger partial charge in [-0.25, -0.2) is 0 Å². The fraction of sp³-hybridized carbons (Fsp3) is 0.286. The number of nitriles is 1. The molecule has 160 valence electrons. The summed E-state index contributed by atoms with van der Waals surface area (Å²) in [4.78, 5) is 23.5. The summed E-state index contributed by atoms with van der Waals surface area (Å²) >= 11 is 6.09. The summed E-state index contributed by atoms with van der Waals surface area (Å²) in [5.74, 6) is -0.764. The van der Waals surface area contributed by atoms with Gasteiger partial charge >= 0.3 is 5.97 Å². The number of aromatic amines is 1. The first-order valence-electron chi connectivity index (χ1n) is 9.53. The number of rotatable bonds is 7. The molecular weight excluding hydrogens is 420 g/mol. The van der Waals surface area contributed by atoms with Crippen LogP contribution in [0.25, 0.3) is 11.3 Å². The Morgan fingerprint density at radius 3 is 2.77 bits per heavy atom.